The Morgan fingerprint density at radius 1 is 0.426 bits per heavy atom. The quantitative estimate of drug-likeness (QED) is 0.194. The van der Waals surface area contributed by atoms with E-state index in [1.807, 2.05) is 72.8 Å². The molecule has 0 unspecified atom stereocenters. The molecule has 10 rings (SSSR count). The van der Waals surface area contributed by atoms with E-state index in [4.69, 9.17) is 23.8 Å². The first-order valence-corrected chi connectivity index (χ1v) is 16.1. The Bertz CT molecular complexity index is 2780. The summed E-state index contributed by atoms with van der Waals surface area (Å²) in [6, 6.07) is 44.9. The van der Waals surface area contributed by atoms with Crippen LogP contribution in [0.2, 0.25) is 0 Å². The third-order valence-corrected chi connectivity index (χ3v) is 9.74. The molecule has 0 N–H and O–H groups in total. The van der Waals surface area contributed by atoms with Gasteiger partial charge in [0.05, 0.1) is 0 Å². The highest BCUT2D eigenvalue weighted by Gasteiger charge is 2.18. The monoisotopic (exact) mass is 622 g/mol. The van der Waals surface area contributed by atoms with Crippen molar-refractivity contribution >= 4 is 64.5 Å². The van der Waals surface area contributed by atoms with E-state index in [9.17, 15) is 0 Å². The topological polar surface area (TPSA) is 77.8 Å². The summed E-state index contributed by atoms with van der Waals surface area (Å²) >= 11 is 1.78. The molecule has 6 nitrogen and oxygen atoms in total. The second-order valence-electron chi connectivity index (χ2n) is 11.5. The Kier molecular flexibility index (Phi) is 5.64. The average molecular weight is 623 g/mol. The third kappa shape index (κ3) is 4.25. The molecule has 0 spiro atoms. The van der Waals surface area contributed by atoms with Crippen molar-refractivity contribution in [2.24, 2.45) is 0 Å². The summed E-state index contributed by atoms with van der Waals surface area (Å²) in [5.74, 6) is 2.35. The summed E-state index contributed by atoms with van der Waals surface area (Å²) in [6.45, 7) is 0. The van der Waals surface area contributed by atoms with Crippen LogP contribution < -0.4 is 0 Å². The highest BCUT2D eigenvalue weighted by molar-refractivity contribution is 7.25. The van der Waals surface area contributed by atoms with Crippen LogP contribution in [0.15, 0.2) is 142 Å². The molecular weight excluding hydrogens is 601 g/mol. The van der Waals surface area contributed by atoms with Gasteiger partial charge in [-0.15, -0.1) is 11.3 Å². The number of para-hydroxylation sites is 3. The van der Waals surface area contributed by atoms with E-state index in [1.54, 1.807) is 11.3 Å². The number of hydrogen-bond donors (Lipinski definition) is 0. The Morgan fingerprint density at radius 2 is 1.09 bits per heavy atom. The molecule has 7 heteroatoms. The molecule has 0 saturated carbocycles. The van der Waals surface area contributed by atoms with E-state index in [-0.39, 0.29) is 0 Å². The second-order valence-corrected chi connectivity index (χ2v) is 12.5. The van der Waals surface area contributed by atoms with Crippen LogP contribution in [0.4, 0.5) is 0 Å². The Balaban J connectivity index is 1.16. The highest BCUT2D eigenvalue weighted by atomic mass is 32.1. The van der Waals surface area contributed by atoms with Gasteiger partial charge in [-0.1, -0.05) is 78.9 Å². The number of oxazole rings is 1. The number of fused-ring (bicyclic) bond motifs is 7. The van der Waals surface area contributed by atoms with Crippen molar-refractivity contribution in [1.29, 1.82) is 0 Å². The normalized spacial score (nSPS) is 11.8. The average Bonchev–Trinajstić information content (AvgIpc) is 3.84. The molecule has 6 aromatic carbocycles. The maximum absolute atomic E-state index is 6.23. The van der Waals surface area contributed by atoms with Gasteiger partial charge in [-0.2, -0.15) is 0 Å². The van der Waals surface area contributed by atoms with Gasteiger partial charge < -0.3 is 8.83 Å². The molecule has 0 bridgehead atoms. The first kappa shape index (κ1) is 26.1. The second kappa shape index (κ2) is 10.2. The van der Waals surface area contributed by atoms with Gasteiger partial charge >= 0.3 is 0 Å². The molecule has 10 aromatic rings. The van der Waals surface area contributed by atoms with Crippen LogP contribution >= 0.6 is 11.3 Å². The summed E-state index contributed by atoms with van der Waals surface area (Å²) < 4.78 is 14.7. The minimum Gasteiger partial charge on any atom is -0.456 e. The Labute approximate surface area is 271 Å². The molecule has 0 aliphatic heterocycles. The summed E-state index contributed by atoms with van der Waals surface area (Å²) in [5, 5.41) is 4.48. The summed E-state index contributed by atoms with van der Waals surface area (Å²) in [4.78, 5) is 19.9. The van der Waals surface area contributed by atoms with E-state index in [1.165, 1.54) is 14.8 Å². The van der Waals surface area contributed by atoms with Crippen LogP contribution in [-0.2, 0) is 0 Å². The summed E-state index contributed by atoms with van der Waals surface area (Å²) in [7, 11) is 0. The first-order valence-electron chi connectivity index (χ1n) is 15.3. The van der Waals surface area contributed by atoms with E-state index >= 15 is 0 Å². The van der Waals surface area contributed by atoms with Gasteiger partial charge in [0.2, 0.25) is 5.89 Å². The van der Waals surface area contributed by atoms with E-state index in [2.05, 4.69) is 65.6 Å². The predicted octanol–water partition coefficient (Wildman–Crippen LogP) is 10.9. The lowest BCUT2D eigenvalue weighted by Crippen LogP contribution is -2.00. The SMILES string of the molecule is c1ccc2oc(-c3ccc(-c4nc(-c5ccc6c(c5)oc5ccccc56)nc(-c5cccc6sc7ccccc7c56)n4)cc3)nc2c1. The maximum atomic E-state index is 6.23. The number of thiophene rings is 1. The largest absolute Gasteiger partial charge is 0.456 e. The summed E-state index contributed by atoms with van der Waals surface area (Å²) in [6.07, 6.45) is 0. The van der Waals surface area contributed by atoms with Gasteiger partial charge in [0.15, 0.2) is 23.1 Å². The van der Waals surface area contributed by atoms with Crippen molar-refractivity contribution in [1.82, 2.24) is 19.9 Å². The fourth-order valence-corrected chi connectivity index (χ4v) is 7.47. The van der Waals surface area contributed by atoms with E-state index < -0.39 is 0 Å². The van der Waals surface area contributed by atoms with Crippen LogP contribution in [0, 0.1) is 0 Å². The lowest BCUT2D eigenvalue weighted by Gasteiger charge is -2.10. The van der Waals surface area contributed by atoms with Crippen LogP contribution in [0.1, 0.15) is 0 Å². The zero-order valence-corrected chi connectivity index (χ0v) is 25.5. The number of furan rings is 1. The van der Waals surface area contributed by atoms with E-state index in [0.29, 0.717) is 23.4 Å². The van der Waals surface area contributed by atoms with Gasteiger partial charge in [0, 0.05) is 53.2 Å². The van der Waals surface area contributed by atoms with Gasteiger partial charge in [0.25, 0.3) is 0 Å². The molecular formula is C40H22N4O2S. The number of benzene rings is 6. The van der Waals surface area contributed by atoms with Gasteiger partial charge in [-0.05, 0) is 54.6 Å². The van der Waals surface area contributed by atoms with Crippen LogP contribution in [-0.4, -0.2) is 19.9 Å². The summed E-state index contributed by atoms with van der Waals surface area (Å²) in [5.41, 5.74) is 6.80. The van der Waals surface area contributed by atoms with Crippen molar-refractivity contribution in [2.75, 3.05) is 0 Å². The fraction of sp³-hybridized carbons (Fsp3) is 0. The highest BCUT2D eigenvalue weighted by Crippen LogP contribution is 2.40. The van der Waals surface area contributed by atoms with E-state index in [0.717, 1.165) is 60.7 Å². The fourth-order valence-electron chi connectivity index (χ4n) is 6.34. The molecule has 0 aliphatic rings. The molecule has 4 heterocycles. The van der Waals surface area contributed by atoms with Crippen LogP contribution in [0.5, 0.6) is 0 Å². The number of nitrogens with zero attached hydrogens (tertiary/aromatic N) is 4. The zero-order chi connectivity index (χ0) is 30.9. The lowest BCUT2D eigenvalue weighted by atomic mass is 10.1. The first-order chi connectivity index (χ1) is 23.2. The van der Waals surface area contributed by atoms with Crippen LogP contribution in [0.3, 0.4) is 0 Å². The van der Waals surface area contributed by atoms with Crippen molar-refractivity contribution in [3.63, 3.8) is 0 Å². The lowest BCUT2D eigenvalue weighted by molar-refractivity contribution is 0.620. The molecule has 0 amide bonds. The smallest absolute Gasteiger partial charge is 0.227 e. The number of rotatable bonds is 4. The molecule has 4 aromatic heterocycles. The van der Waals surface area contributed by atoms with Gasteiger partial charge in [0.1, 0.15) is 16.7 Å². The molecule has 0 atom stereocenters. The van der Waals surface area contributed by atoms with Crippen molar-refractivity contribution in [3.8, 4) is 45.6 Å². The van der Waals surface area contributed by atoms with Crippen LogP contribution in [0.25, 0.3) is 98.8 Å². The standard InChI is InChI=1S/C40H22N4O2S/c1-4-12-31-26(8-1)27-21-20-25(22-33(27)45-31)38-42-37(23-16-18-24(19-17-23)40-41-30-11-3-5-13-32(30)46-40)43-39(44-38)29-10-7-15-35-36(29)28-9-2-6-14-34(28)47-35/h1-22H. The number of hydrogen-bond acceptors (Lipinski definition) is 7. The molecule has 0 saturated heterocycles. The van der Waals surface area contributed by atoms with Crippen molar-refractivity contribution in [2.45, 2.75) is 0 Å². The zero-order valence-electron chi connectivity index (χ0n) is 24.7. The Hall–Kier alpha value is -6.18. The van der Waals surface area contributed by atoms with Crippen molar-refractivity contribution < 1.29 is 8.83 Å². The third-order valence-electron chi connectivity index (χ3n) is 8.60. The molecule has 0 aliphatic carbocycles. The minimum atomic E-state index is 0.574. The molecule has 0 fully saturated rings. The molecule has 47 heavy (non-hydrogen) atoms. The minimum absolute atomic E-state index is 0.574. The maximum Gasteiger partial charge on any atom is 0.227 e. The predicted molar refractivity (Wildman–Crippen MR) is 189 cm³/mol. The number of aromatic nitrogens is 4. The molecule has 0 radical (unpaired) electrons. The van der Waals surface area contributed by atoms with Crippen molar-refractivity contribution in [3.05, 3.63) is 133 Å². The molecule has 220 valence electrons. The van der Waals surface area contributed by atoms with Gasteiger partial charge in [-0.25, -0.2) is 19.9 Å². The van der Waals surface area contributed by atoms with Gasteiger partial charge in [-0.3, -0.25) is 0 Å². The Morgan fingerprint density at radius 3 is 1.96 bits per heavy atom.